The van der Waals surface area contributed by atoms with Crippen LogP contribution in [0.15, 0.2) is 16.5 Å². The lowest BCUT2D eigenvalue weighted by atomic mass is 10.1. The number of hydrogen-bond donors (Lipinski definition) is 2. The summed E-state index contributed by atoms with van der Waals surface area (Å²) in [5.74, 6) is -0.921. The van der Waals surface area contributed by atoms with Gasteiger partial charge in [0.25, 0.3) is 0 Å². The molecule has 6 nitrogen and oxygen atoms in total. The number of aliphatic carboxylic acids is 1. The molecule has 1 aromatic heterocycles. The van der Waals surface area contributed by atoms with Crippen LogP contribution in [0.4, 0.5) is 0 Å². The molecule has 0 saturated heterocycles. The number of carboxylic acid groups (broad SMARTS) is 1. The van der Waals surface area contributed by atoms with Crippen LogP contribution >= 0.6 is 0 Å². The van der Waals surface area contributed by atoms with Gasteiger partial charge in [-0.15, -0.1) is 0 Å². The summed E-state index contributed by atoms with van der Waals surface area (Å²) >= 11 is 0. The van der Waals surface area contributed by atoms with Gasteiger partial charge in [0.2, 0.25) is 5.76 Å². The number of carboxylic acids is 1. The van der Waals surface area contributed by atoms with E-state index in [1.165, 1.54) is 13.2 Å². The molecular formula is C12H17NO5. The van der Waals surface area contributed by atoms with Crippen LogP contribution in [0.5, 0.6) is 0 Å². The molecule has 2 N–H and O–H groups in total. The number of hydrogen-bond acceptors (Lipinski definition) is 5. The van der Waals surface area contributed by atoms with Gasteiger partial charge < -0.3 is 14.3 Å². The van der Waals surface area contributed by atoms with Crippen LogP contribution in [-0.4, -0.2) is 30.2 Å². The number of ether oxygens (including phenoxy) is 1. The third-order valence-electron chi connectivity index (χ3n) is 2.48. The number of carbonyl (C=O) groups excluding carboxylic acids is 1. The van der Waals surface area contributed by atoms with E-state index in [9.17, 15) is 9.59 Å². The van der Waals surface area contributed by atoms with E-state index >= 15 is 0 Å². The Balaban J connectivity index is 2.60. The minimum atomic E-state index is -0.912. The van der Waals surface area contributed by atoms with Crippen LogP contribution < -0.4 is 5.32 Å². The molecule has 1 unspecified atom stereocenters. The third kappa shape index (κ3) is 3.59. The second kappa shape index (κ2) is 6.20. The Morgan fingerprint density at radius 2 is 2.11 bits per heavy atom. The van der Waals surface area contributed by atoms with Gasteiger partial charge in [0.1, 0.15) is 11.8 Å². The van der Waals surface area contributed by atoms with Crippen LogP contribution in [0, 0.1) is 5.92 Å². The van der Waals surface area contributed by atoms with Crippen molar-refractivity contribution in [1.82, 2.24) is 5.32 Å². The average molecular weight is 255 g/mol. The summed E-state index contributed by atoms with van der Waals surface area (Å²) in [4.78, 5) is 22.1. The lowest BCUT2D eigenvalue weighted by molar-refractivity contribution is -0.140. The monoisotopic (exact) mass is 255 g/mol. The molecule has 0 aliphatic rings. The Hall–Kier alpha value is -1.82. The number of rotatable bonds is 6. The highest BCUT2D eigenvalue weighted by Gasteiger charge is 2.21. The molecule has 100 valence electrons. The number of esters is 1. The summed E-state index contributed by atoms with van der Waals surface area (Å²) in [7, 11) is 1.27. The molecule has 0 bridgehead atoms. The van der Waals surface area contributed by atoms with Crippen LogP contribution in [0.25, 0.3) is 0 Å². The normalized spacial score (nSPS) is 12.4. The fourth-order valence-electron chi connectivity index (χ4n) is 1.50. The maximum atomic E-state index is 11.2. The van der Waals surface area contributed by atoms with Crippen molar-refractivity contribution in [1.29, 1.82) is 0 Å². The van der Waals surface area contributed by atoms with Gasteiger partial charge in [0.05, 0.1) is 13.7 Å². The number of methoxy groups -OCH3 is 1. The van der Waals surface area contributed by atoms with E-state index in [0.717, 1.165) is 0 Å². The van der Waals surface area contributed by atoms with E-state index in [1.54, 1.807) is 6.07 Å². The molecule has 1 atom stereocenters. The van der Waals surface area contributed by atoms with Crippen molar-refractivity contribution in [3.63, 3.8) is 0 Å². The van der Waals surface area contributed by atoms with E-state index in [4.69, 9.17) is 9.52 Å². The van der Waals surface area contributed by atoms with Crippen molar-refractivity contribution < 1.29 is 23.8 Å². The van der Waals surface area contributed by atoms with E-state index < -0.39 is 18.0 Å². The van der Waals surface area contributed by atoms with Gasteiger partial charge >= 0.3 is 11.9 Å². The third-order valence-corrected chi connectivity index (χ3v) is 2.48. The molecule has 0 amide bonds. The van der Waals surface area contributed by atoms with Crippen LogP contribution in [0.3, 0.4) is 0 Å². The summed E-state index contributed by atoms with van der Waals surface area (Å²) < 4.78 is 9.72. The molecule has 18 heavy (non-hydrogen) atoms. The van der Waals surface area contributed by atoms with Crippen LogP contribution in [-0.2, 0) is 16.1 Å². The lowest BCUT2D eigenvalue weighted by Crippen LogP contribution is -2.40. The maximum absolute atomic E-state index is 11.2. The first-order valence-corrected chi connectivity index (χ1v) is 5.59. The highest BCUT2D eigenvalue weighted by molar-refractivity contribution is 5.86. The summed E-state index contributed by atoms with van der Waals surface area (Å²) in [6.45, 7) is 3.87. The van der Waals surface area contributed by atoms with Crippen molar-refractivity contribution in [3.8, 4) is 0 Å². The minimum absolute atomic E-state index is 0.0439. The van der Waals surface area contributed by atoms with Gasteiger partial charge in [-0.1, -0.05) is 13.8 Å². The first-order valence-electron chi connectivity index (χ1n) is 5.59. The van der Waals surface area contributed by atoms with Gasteiger partial charge in [-0.3, -0.25) is 10.1 Å². The van der Waals surface area contributed by atoms with E-state index in [2.05, 4.69) is 10.1 Å². The Morgan fingerprint density at radius 1 is 1.44 bits per heavy atom. The second-order valence-electron chi connectivity index (χ2n) is 4.20. The summed E-state index contributed by atoms with van der Waals surface area (Å²) in [5.41, 5.74) is 0. The van der Waals surface area contributed by atoms with E-state index in [-0.39, 0.29) is 18.2 Å². The zero-order chi connectivity index (χ0) is 13.7. The average Bonchev–Trinajstić information content (AvgIpc) is 2.76. The molecular weight excluding hydrogens is 238 g/mol. The number of furan rings is 1. The standard InChI is InChI=1S/C12H17NO5/c1-7(2)10(11(14)15)13-6-8-4-5-9(18-8)12(16)17-3/h4-5,7,10,13H,6H2,1-3H3,(H,14,15). The van der Waals surface area contributed by atoms with Gasteiger partial charge in [0.15, 0.2) is 0 Å². The van der Waals surface area contributed by atoms with Crippen LogP contribution in [0.2, 0.25) is 0 Å². The Bertz CT molecular complexity index is 424. The van der Waals surface area contributed by atoms with Crippen molar-refractivity contribution in [3.05, 3.63) is 23.7 Å². The molecule has 0 aromatic carbocycles. The topological polar surface area (TPSA) is 88.8 Å². The van der Waals surface area contributed by atoms with Crippen molar-refractivity contribution >= 4 is 11.9 Å². The molecule has 1 aromatic rings. The minimum Gasteiger partial charge on any atom is -0.480 e. The zero-order valence-electron chi connectivity index (χ0n) is 10.6. The van der Waals surface area contributed by atoms with Crippen molar-refractivity contribution in [2.45, 2.75) is 26.4 Å². The maximum Gasteiger partial charge on any atom is 0.373 e. The first kappa shape index (κ1) is 14.2. The molecule has 6 heteroatoms. The smallest absolute Gasteiger partial charge is 0.373 e. The second-order valence-corrected chi connectivity index (χ2v) is 4.20. The lowest BCUT2D eigenvalue weighted by Gasteiger charge is -2.16. The highest BCUT2D eigenvalue weighted by atomic mass is 16.5. The van der Waals surface area contributed by atoms with Gasteiger partial charge in [-0.25, -0.2) is 4.79 Å². The molecule has 1 rings (SSSR count). The summed E-state index contributed by atoms with van der Waals surface area (Å²) in [6.07, 6.45) is 0. The molecule has 0 fully saturated rings. The quantitative estimate of drug-likeness (QED) is 0.744. The molecule has 0 radical (unpaired) electrons. The number of carbonyl (C=O) groups is 2. The Morgan fingerprint density at radius 3 is 2.61 bits per heavy atom. The molecule has 0 aliphatic heterocycles. The van der Waals surface area contributed by atoms with Crippen LogP contribution in [0.1, 0.15) is 30.2 Å². The molecule has 1 heterocycles. The fourth-order valence-corrected chi connectivity index (χ4v) is 1.50. The zero-order valence-corrected chi connectivity index (χ0v) is 10.6. The van der Waals surface area contributed by atoms with Gasteiger partial charge in [-0.2, -0.15) is 0 Å². The number of nitrogens with one attached hydrogen (secondary N) is 1. The van der Waals surface area contributed by atoms with Gasteiger partial charge in [0, 0.05) is 0 Å². The van der Waals surface area contributed by atoms with Gasteiger partial charge in [-0.05, 0) is 18.1 Å². The SMILES string of the molecule is COC(=O)c1ccc(CNC(C(=O)O)C(C)C)o1. The Labute approximate surface area is 105 Å². The highest BCUT2D eigenvalue weighted by Crippen LogP contribution is 2.10. The van der Waals surface area contributed by atoms with Crippen molar-refractivity contribution in [2.24, 2.45) is 5.92 Å². The Kier molecular flexibility index (Phi) is 4.91. The molecule has 0 saturated carbocycles. The van der Waals surface area contributed by atoms with E-state index in [0.29, 0.717) is 5.76 Å². The molecule has 0 spiro atoms. The van der Waals surface area contributed by atoms with Crippen molar-refractivity contribution in [2.75, 3.05) is 7.11 Å². The summed E-state index contributed by atoms with van der Waals surface area (Å²) in [5, 5.41) is 11.8. The fraction of sp³-hybridized carbons (Fsp3) is 0.500. The predicted octanol–water partition coefficient (Wildman–Crippen LogP) is 1.26. The largest absolute Gasteiger partial charge is 0.480 e. The first-order chi connectivity index (χ1) is 8.45. The molecule has 0 aliphatic carbocycles. The predicted molar refractivity (Wildman–Crippen MR) is 63.1 cm³/mol. The van der Waals surface area contributed by atoms with E-state index in [1.807, 2.05) is 13.8 Å². The summed E-state index contributed by atoms with van der Waals surface area (Å²) in [6, 6.07) is 2.45.